The van der Waals surface area contributed by atoms with Crippen molar-refractivity contribution < 1.29 is 22.4 Å². The zero-order valence-electron chi connectivity index (χ0n) is 17.9. The molecule has 4 rings (SSSR count). The van der Waals surface area contributed by atoms with Gasteiger partial charge in [0, 0.05) is 10.2 Å². The minimum absolute atomic E-state index is 0.150. The molecule has 5 nitrogen and oxygen atoms in total. The van der Waals surface area contributed by atoms with Crippen LogP contribution in [0.1, 0.15) is 27.3 Å². The fraction of sp³-hybridized carbons (Fsp3) is 0.125. The fourth-order valence-electron chi connectivity index (χ4n) is 3.22. The van der Waals surface area contributed by atoms with Crippen molar-refractivity contribution in [2.24, 2.45) is 0 Å². The van der Waals surface area contributed by atoms with Gasteiger partial charge in [0.25, 0.3) is 5.91 Å². The molecule has 0 spiro atoms. The molecular formula is C24H17BrF4N4OS. The molecule has 0 aliphatic heterocycles. The number of benzene rings is 3. The first kappa shape index (κ1) is 24.9. The van der Waals surface area contributed by atoms with Gasteiger partial charge in [-0.1, -0.05) is 58.0 Å². The van der Waals surface area contributed by atoms with E-state index in [1.807, 2.05) is 24.3 Å². The molecule has 0 unspecified atom stereocenters. The van der Waals surface area contributed by atoms with E-state index in [9.17, 15) is 22.4 Å². The van der Waals surface area contributed by atoms with E-state index in [1.165, 1.54) is 46.7 Å². The highest BCUT2D eigenvalue weighted by Gasteiger charge is 2.31. The highest BCUT2D eigenvalue weighted by molar-refractivity contribution is 9.10. The van der Waals surface area contributed by atoms with Gasteiger partial charge < -0.3 is 5.32 Å². The quantitative estimate of drug-likeness (QED) is 0.208. The predicted molar refractivity (Wildman–Crippen MR) is 128 cm³/mol. The molecule has 4 aromatic rings. The number of rotatable bonds is 7. The standard InChI is InChI=1S/C24H17BrF4N4OS/c25-17-10-8-15(9-11-17)14-35-23-32-31-21(13-30-22(34)19-6-1-2-7-20(19)26)33(23)18-5-3-4-16(12-18)24(27,28)29/h1-12H,13-14H2,(H,30,34). The number of aromatic nitrogens is 3. The van der Waals surface area contributed by atoms with Crippen LogP contribution in [-0.2, 0) is 18.5 Å². The molecule has 1 N–H and O–H groups in total. The Morgan fingerprint density at radius 3 is 2.46 bits per heavy atom. The largest absolute Gasteiger partial charge is 0.416 e. The van der Waals surface area contributed by atoms with Crippen LogP contribution < -0.4 is 5.32 Å². The number of nitrogens with one attached hydrogen (secondary N) is 1. The Balaban J connectivity index is 1.64. The van der Waals surface area contributed by atoms with Gasteiger partial charge in [0.05, 0.1) is 23.4 Å². The fourth-order valence-corrected chi connectivity index (χ4v) is 4.41. The third-order valence-corrected chi connectivity index (χ3v) is 6.47. The van der Waals surface area contributed by atoms with Crippen molar-refractivity contribution in [2.75, 3.05) is 0 Å². The molecule has 3 aromatic carbocycles. The number of amides is 1. The van der Waals surface area contributed by atoms with Gasteiger partial charge in [-0.05, 0) is 48.0 Å². The summed E-state index contributed by atoms with van der Waals surface area (Å²) < 4.78 is 56.4. The van der Waals surface area contributed by atoms with E-state index in [4.69, 9.17) is 0 Å². The number of carbonyl (C=O) groups excluding carboxylic acids is 1. The van der Waals surface area contributed by atoms with Gasteiger partial charge >= 0.3 is 6.18 Å². The van der Waals surface area contributed by atoms with Crippen molar-refractivity contribution in [1.82, 2.24) is 20.1 Å². The van der Waals surface area contributed by atoms with Gasteiger partial charge in [0.2, 0.25) is 0 Å². The second-order valence-electron chi connectivity index (χ2n) is 7.36. The SMILES string of the molecule is O=C(NCc1nnc(SCc2ccc(Br)cc2)n1-c1cccc(C(F)(F)F)c1)c1ccccc1F. The Labute approximate surface area is 210 Å². The molecule has 0 radical (unpaired) electrons. The van der Waals surface area contributed by atoms with Crippen LogP contribution in [-0.4, -0.2) is 20.7 Å². The Kier molecular flexibility index (Phi) is 7.56. The topological polar surface area (TPSA) is 59.8 Å². The van der Waals surface area contributed by atoms with E-state index < -0.39 is 23.5 Å². The maximum Gasteiger partial charge on any atom is 0.416 e. The average molecular weight is 565 g/mol. The number of carbonyl (C=O) groups is 1. The van der Waals surface area contributed by atoms with Gasteiger partial charge in [-0.15, -0.1) is 10.2 Å². The van der Waals surface area contributed by atoms with Gasteiger partial charge in [-0.3, -0.25) is 9.36 Å². The minimum Gasteiger partial charge on any atom is -0.345 e. The van der Waals surface area contributed by atoms with Crippen molar-refractivity contribution in [2.45, 2.75) is 23.6 Å². The third-order valence-electron chi connectivity index (χ3n) is 4.94. The van der Waals surface area contributed by atoms with E-state index in [-0.39, 0.29) is 23.6 Å². The van der Waals surface area contributed by atoms with Crippen LogP contribution in [0.5, 0.6) is 0 Å². The predicted octanol–water partition coefficient (Wildman–Crippen LogP) is 6.41. The molecule has 0 fully saturated rings. The molecule has 0 atom stereocenters. The van der Waals surface area contributed by atoms with Crippen LogP contribution >= 0.6 is 27.7 Å². The molecular weight excluding hydrogens is 548 g/mol. The van der Waals surface area contributed by atoms with E-state index in [0.29, 0.717) is 10.9 Å². The van der Waals surface area contributed by atoms with Gasteiger partial charge in [-0.25, -0.2) is 4.39 Å². The Morgan fingerprint density at radius 2 is 1.74 bits per heavy atom. The first-order chi connectivity index (χ1) is 16.7. The molecule has 0 saturated heterocycles. The molecule has 180 valence electrons. The maximum atomic E-state index is 14.0. The van der Waals surface area contributed by atoms with Crippen molar-refractivity contribution in [3.63, 3.8) is 0 Å². The average Bonchev–Trinajstić information content (AvgIpc) is 3.25. The van der Waals surface area contributed by atoms with Gasteiger partial charge in [-0.2, -0.15) is 13.2 Å². The second-order valence-corrected chi connectivity index (χ2v) is 9.22. The summed E-state index contributed by atoms with van der Waals surface area (Å²) >= 11 is 4.66. The maximum absolute atomic E-state index is 14.0. The lowest BCUT2D eigenvalue weighted by Gasteiger charge is -2.13. The lowest BCUT2D eigenvalue weighted by Crippen LogP contribution is -2.25. The van der Waals surface area contributed by atoms with E-state index in [0.717, 1.165) is 28.2 Å². The summed E-state index contributed by atoms with van der Waals surface area (Å²) in [6.45, 7) is -0.171. The van der Waals surface area contributed by atoms with Gasteiger partial charge in [0.1, 0.15) is 5.82 Å². The first-order valence-corrected chi connectivity index (χ1v) is 12.0. The highest BCUT2D eigenvalue weighted by atomic mass is 79.9. The summed E-state index contributed by atoms with van der Waals surface area (Å²) in [5.41, 5.74) is 0.195. The molecule has 1 heterocycles. The zero-order chi connectivity index (χ0) is 25.0. The van der Waals surface area contributed by atoms with Crippen molar-refractivity contribution in [3.8, 4) is 5.69 Å². The van der Waals surface area contributed by atoms with Crippen molar-refractivity contribution >= 4 is 33.6 Å². The number of alkyl halides is 3. The number of hydrogen-bond donors (Lipinski definition) is 1. The second kappa shape index (κ2) is 10.6. The lowest BCUT2D eigenvalue weighted by atomic mass is 10.2. The lowest BCUT2D eigenvalue weighted by molar-refractivity contribution is -0.137. The summed E-state index contributed by atoms with van der Waals surface area (Å²) in [6.07, 6.45) is -4.53. The van der Waals surface area contributed by atoms with Crippen molar-refractivity contribution in [3.05, 3.63) is 106 Å². The van der Waals surface area contributed by atoms with Crippen molar-refractivity contribution in [1.29, 1.82) is 0 Å². The number of hydrogen-bond acceptors (Lipinski definition) is 4. The van der Waals surface area contributed by atoms with Crippen LogP contribution in [0.15, 0.2) is 82.4 Å². The number of thioether (sulfide) groups is 1. The summed E-state index contributed by atoms with van der Waals surface area (Å²) in [6, 6.07) is 17.9. The molecule has 0 saturated carbocycles. The zero-order valence-corrected chi connectivity index (χ0v) is 20.3. The Bertz CT molecular complexity index is 1340. The summed E-state index contributed by atoms with van der Waals surface area (Å²) in [5.74, 6) is -0.667. The van der Waals surface area contributed by atoms with Crippen LogP contribution in [0.4, 0.5) is 17.6 Å². The molecule has 0 aliphatic rings. The Morgan fingerprint density at radius 1 is 1.00 bits per heavy atom. The van der Waals surface area contributed by atoms with E-state index in [1.54, 1.807) is 0 Å². The van der Waals surface area contributed by atoms with Crippen LogP contribution in [0.25, 0.3) is 5.69 Å². The molecule has 0 aliphatic carbocycles. The molecule has 0 bridgehead atoms. The summed E-state index contributed by atoms with van der Waals surface area (Å²) in [7, 11) is 0. The van der Waals surface area contributed by atoms with E-state index in [2.05, 4.69) is 31.4 Å². The van der Waals surface area contributed by atoms with Crippen LogP contribution in [0, 0.1) is 5.82 Å². The number of nitrogens with zero attached hydrogens (tertiary/aromatic N) is 3. The van der Waals surface area contributed by atoms with Crippen LogP contribution in [0.3, 0.4) is 0 Å². The molecule has 1 amide bonds. The number of halogens is 5. The molecule has 35 heavy (non-hydrogen) atoms. The minimum atomic E-state index is -4.53. The van der Waals surface area contributed by atoms with Crippen LogP contribution in [0.2, 0.25) is 0 Å². The Hall–Kier alpha value is -3.18. The first-order valence-electron chi connectivity index (χ1n) is 10.2. The summed E-state index contributed by atoms with van der Waals surface area (Å²) in [5, 5.41) is 11.2. The molecule has 11 heteroatoms. The summed E-state index contributed by atoms with van der Waals surface area (Å²) in [4.78, 5) is 12.5. The highest BCUT2D eigenvalue weighted by Crippen LogP contribution is 2.32. The smallest absolute Gasteiger partial charge is 0.345 e. The molecule has 1 aromatic heterocycles. The van der Waals surface area contributed by atoms with E-state index >= 15 is 0 Å². The third kappa shape index (κ3) is 6.09. The monoisotopic (exact) mass is 564 g/mol. The normalized spacial score (nSPS) is 11.5. The van der Waals surface area contributed by atoms with Gasteiger partial charge in [0.15, 0.2) is 11.0 Å².